The summed E-state index contributed by atoms with van der Waals surface area (Å²) in [6.45, 7) is 0. The van der Waals surface area contributed by atoms with Gasteiger partial charge in [0.1, 0.15) is 18.2 Å². The Hall–Kier alpha value is -6.95. The zero-order valence-corrected chi connectivity index (χ0v) is 34.6. The van der Waals surface area contributed by atoms with Crippen LogP contribution in [-0.2, 0) is 12.8 Å². The van der Waals surface area contributed by atoms with E-state index in [1.54, 1.807) is 0 Å². The maximum Gasteiger partial charge on any atom is 0.132 e. The summed E-state index contributed by atoms with van der Waals surface area (Å²) in [5.74, 6) is 1.61. The van der Waals surface area contributed by atoms with Crippen molar-refractivity contribution in [3.8, 4) is 0 Å². The van der Waals surface area contributed by atoms with Crippen LogP contribution in [0.3, 0.4) is 0 Å². The maximum atomic E-state index is 5.49. The standard InChI is InChI=1S/C57H47N5/c1-2-16-37(17-3-1)55-58-56(41-30-29-36-15-4-5-18-38(36)33-41)60-57(59-55)46-31-32-50(43-22-9-8-21-42(43)46)62-52-28-14-27-51(54(52)47-34-39-19-6-7-20-40(39)35-53(47)62)61-48-25-12-10-23-44(48)45-24-11-13-26-49(45)61/h1-12,15-25,27,29-33,35,47,52,54-56,58H,13-14,26,28,34H2,(H,59,60). The monoisotopic (exact) mass is 801 g/mol. The van der Waals surface area contributed by atoms with Crippen molar-refractivity contribution >= 4 is 61.8 Å². The molecule has 62 heavy (non-hydrogen) atoms. The highest BCUT2D eigenvalue weighted by Crippen LogP contribution is 2.55. The van der Waals surface area contributed by atoms with Crippen LogP contribution in [0, 0.1) is 11.8 Å². The van der Waals surface area contributed by atoms with Gasteiger partial charge in [-0.1, -0.05) is 152 Å². The van der Waals surface area contributed by atoms with Crippen molar-refractivity contribution in [2.45, 2.75) is 50.5 Å². The van der Waals surface area contributed by atoms with E-state index < -0.39 is 0 Å². The molecule has 5 atom stereocenters. The van der Waals surface area contributed by atoms with Gasteiger partial charge in [0.15, 0.2) is 0 Å². The number of aromatic nitrogens is 1. The van der Waals surface area contributed by atoms with E-state index in [1.165, 1.54) is 77.5 Å². The number of para-hydroxylation sites is 1. The highest BCUT2D eigenvalue weighted by Gasteiger charge is 2.50. The molecule has 7 aromatic carbocycles. The van der Waals surface area contributed by atoms with Crippen LogP contribution in [0.1, 0.15) is 70.7 Å². The molecule has 0 radical (unpaired) electrons. The third kappa shape index (κ3) is 5.61. The van der Waals surface area contributed by atoms with E-state index >= 15 is 0 Å². The molecular formula is C57H47N5. The van der Waals surface area contributed by atoms with Crippen LogP contribution in [0.4, 0.5) is 5.69 Å². The van der Waals surface area contributed by atoms with Gasteiger partial charge in [0.05, 0.1) is 5.52 Å². The maximum absolute atomic E-state index is 5.49. The summed E-state index contributed by atoms with van der Waals surface area (Å²) >= 11 is 0. The van der Waals surface area contributed by atoms with Gasteiger partial charge in [-0.05, 0) is 101 Å². The lowest BCUT2D eigenvalue weighted by Gasteiger charge is -2.36. The predicted molar refractivity (Wildman–Crippen MR) is 257 cm³/mol. The number of fused-ring (bicyclic) bond motifs is 9. The lowest BCUT2D eigenvalue weighted by Crippen LogP contribution is -2.45. The normalized spacial score (nSPS) is 22.6. The van der Waals surface area contributed by atoms with Crippen molar-refractivity contribution < 1.29 is 0 Å². The van der Waals surface area contributed by atoms with E-state index in [-0.39, 0.29) is 12.3 Å². The zero-order chi connectivity index (χ0) is 40.7. The molecule has 0 amide bonds. The second-order valence-corrected chi connectivity index (χ2v) is 17.7. The molecule has 5 heteroatoms. The van der Waals surface area contributed by atoms with Gasteiger partial charge in [-0.2, -0.15) is 0 Å². The van der Waals surface area contributed by atoms with E-state index in [2.05, 4.69) is 202 Å². The molecule has 3 aliphatic carbocycles. The molecule has 0 saturated carbocycles. The van der Waals surface area contributed by atoms with Crippen LogP contribution in [0.15, 0.2) is 181 Å². The fraction of sp³-hybridized carbons (Fsp3) is 0.175. The number of rotatable bonds is 5. The molecule has 1 aromatic heterocycles. The molecule has 8 aromatic rings. The lowest BCUT2D eigenvalue weighted by atomic mass is 9.75. The highest BCUT2D eigenvalue weighted by molar-refractivity contribution is 6.13. The molecule has 0 spiro atoms. The first-order chi connectivity index (χ1) is 30.7. The van der Waals surface area contributed by atoms with Gasteiger partial charge in [-0.3, -0.25) is 5.32 Å². The SMILES string of the molecule is C1=Cc2c(n(C3=CCCC4C3C3Cc5ccccc5C=C3N4c3ccc(C4=NC(c5ccc6ccccc6c5)NC(c5ccccc5)N4)c4ccccc34)c3ccccc23)CC1. The summed E-state index contributed by atoms with van der Waals surface area (Å²) in [4.78, 5) is 8.27. The van der Waals surface area contributed by atoms with Crippen molar-refractivity contribution in [3.63, 3.8) is 0 Å². The fourth-order valence-electron chi connectivity index (χ4n) is 11.7. The number of amidine groups is 1. The molecule has 5 nitrogen and oxygen atoms in total. The van der Waals surface area contributed by atoms with Crippen molar-refractivity contribution in [3.05, 3.63) is 215 Å². The van der Waals surface area contributed by atoms with E-state index in [9.17, 15) is 0 Å². The number of nitrogens with zero attached hydrogens (tertiary/aromatic N) is 3. The Morgan fingerprint density at radius 1 is 0.645 bits per heavy atom. The van der Waals surface area contributed by atoms with Crippen molar-refractivity contribution in [1.82, 2.24) is 15.2 Å². The van der Waals surface area contributed by atoms with Gasteiger partial charge < -0.3 is 14.8 Å². The van der Waals surface area contributed by atoms with Crippen molar-refractivity contribution in [2.24, 2.45) is 16.8 Å². The molecule has 2 N–H and O–H groups in total. The lowest BCUT2D eigenvalue weighted by molar-refractivity contribution is 0.409. The quantitative estimate of drug-likeness (QED) is 0.182. The number of benzene rings is 7. The van der Waals surface area contributed by atoms with Crippen LogP contribution in [0.2, 0.25) is 0 Å². The van der Waals surface area contributed by atoms with Crippen LogP contribution >= 0.6 is 0 Å². The smallest absolute Gasteiger partial charge is 0.132 e. The first-order valence-electron chi connectivity index (χ1n) is 22.5. The Labute approximate surface area is 362 Å². The summed E-state index contributed by atoms with van der Waals surface area (Å²) in [5, 5.41) is 14.0. The third-order valence-electron chi connectivity index (χ3n) is 14.4. The number of nitrogens with one attached hydrogen (secondary N) is 2. The molecule has 5 unspecified atom stereocenters. The average molecular weight is 802 g/mol. The Morgan fingerprint density at radius 3 is 2.35 bits per heavy atom. The summed E-state index contributed by atoms with van der Waals surface area (Å²) in [7, 11) is 0. The van der Waals surface area contributed by atoms with E-state index in [0.717, 1.165) is 49.1 Å². The molecule has 300 valence electrons. The van der Waals surface area contributed by atoms with Crippen LogP contribution < -0.4 is 15.5 Å². The summed E-state index contributed by atoms with van der Waals surface area (Å²) in [6, 6.07) is 58.3. The minimum atomic E-state index is -0.231. The molecule has 5 aliphatic rings. The second-order valence-electron chi connectivity index (χ2n) is 17.7. The van der Waals surface area contributed by atoms with Gasteiger partial charge in [0.25, 0.3) is 0 Å². The number of hydrogen-bond donors (Lipinski definition) is 2. The van der Waals surface area contributed by atoms with Crippen LogP contribution in [0.5, 0.6) is 0 Å². The van der Waals surface area contributed by atoms with Gasteiger partial charge in [-0.25, -0.2) is 4.99 Å². The van der Waals surface area contributed by atoms with E-state index in [4.69, 9.17) is 4.99 Å². The zero-order valence-electron chi connectivity index (χ0n) is 34.6. The molecule has 2 aliphatic heterocycles. The second kappa shape index (κ2) is 14.3. The molecule has 1 saturated heterocycles. The van der Waals surface area contributed by atoms with E-state index in [1.807, 2.05) is 0 Å². The Balaban J connectivity index is 0.961. The first-order valence-corrected chi connectivity index (χ1v) is 22.5. The largest absolute Gasteiger partial charge is 0.350 e. The molecule has 1 fully saturated rings. The summed E-state index contributed by atoms with van der Waals surface area (Å²) < 4.78 is 2.70. The molecular weight excluding hydrogens is 755 g/mol. The van der Waals surface area contributed by atoms with E-state index in [0.29, 0.717) is 17.9 Å². The molecule has 3 heterocycles. The fourth-order valence-corrected chi connectivity index (χ4v) is 11.7. The van der Waals surface area contributed by atoms with Gasteiger partial charge in [0.2, 0.25) is 0 Å². The molecule has 13 rings (SSSR count). The Bertz CT molecular complexity index is 3220. The Morgan fingerprint density at radius 2 is 1.44 bits per heavy atom. The summed E-state index contributed by atoms with van der Waals surface area (Å²) in [5.41, 5.74) is 14.7. The predicted octanol–water partition coefficient (Wildman–Crippen LogP) is 12.6. The first kappa shape index (κ1) is 35.8. The topological polar surface area (TPSA) is 44.6 Å². The number of hydrogen-bond acceptors (Lipinski definition) is 4. The highest BCUT2D eigenvalue weighted by atomic mass is 15.3. The van der Waals surface area contributed by atoms with Crippen LogP contribution in [-0.4, -0.2) is 16.4 Å². The summed E-state index contributed by atoms with van der Waals surface area (Å²) in [6.07, 6.45) is 14.9. The van der Waals surface area contributed by atoms with Crippen LogP contribution in [0.25, 0.3) is 50.3 Å². The third-order valence-corrected chi connectivity index (χ3v) is 14.4. The van der Waals surface area contributed by atoms with Gasteiger partial charge >= 0.3 is 0 Å². The number of anilines is 1. The minimum Gasteiger partial charge on any atom is -0.350 e. The Kier molecular flexibility index (Phi) is 8.26. The van der Waals surface area contributed by atoms with Gasteiger partial charge in [0, 0.05) is 62.6 Å². The number of allylic oxidation sites excluding steroid dienone is 3. The molecule has 0 bridgehead atoms. The number of aliphatic imine (C=N–C) groups is 1. The van der Waals surface area contributed by atoms with Crippen molar-refractivity contribution in [2.75, 3.05) is 4.90 Å². The average Bonchev–Trinajstić information content (AvgIpc) is 3.85. The minimum absolute atomic E-state index is 0.121. The van der Waals surface area contributed by atoms with Gasteiger partial charge in [-0.15, -0.1) is 0 Å². The van der Waals surface area contributed by atoms with Crippen molar-refractivity contribution in [1.29, 1.82) is 0 Å².